The quantitative estimate of drug-likeness (QED) is 0.326. The maximum Gasteiger partial charge on any atom is 0.323 e. The van der Waals surface area contributed by atoms with Crippen molar-refractivity contribution < 1.29 is 29.0 Å². The molecule has 1 aliphatic rings. The van der Waals surface area contributed by atoms with Crippen molar-refractivity contribution in [1.82, 2.24) is 0 Å². The van der Waals surface area contributed by atoms with Crippen LogP contribution >= 0.6 is 0 Å². The first-order chi connectivity index (χ1) is 15.3. The molecular formula is C24H36N2O6. The molecule has 0 spiro atoms. The molecule has 0 bridgehead atoms. The minimum atomic E-state index is -1.05. The molecular weight excluding hydrogens is 412 g/mol. The third kappa shape index (κ3) is 11.2. The van der Waals surface area contributed by atoms with E-state index in [1.54, 1.807) is 30.4 Å². The van der Waals surface area contributed by atoms with E-state index in [0.29, 0.717) is 18.5 Å². The summed E-state index contributed by atoms with van der Waals surface area (Å²) in [5.41, 5.74) is 12.9. The van der Waals surface area contributed by atoms with Crippen molar-refractivity contribution in [2.45, 2.75) is 64.0 Å². The third-order valence-electron chi connectivity index (χ3n) is 4.39. The van der Waals surface area contributed by atoms with Crippen molar-refractivity contribution in [1.29, 1.82) is 0 Å². The smallest absolute Gasteiger partial charge is 0.323 e. The van der Waals surface area contributed by atoms with Crippen molar-refractivity contribution in [2.24, 2.45) is 5.73 Å². The standard InChI is InChI=1S/C17H22N2O5.C4H6.C2H6.CH2O/c18-12-6-2-1-4-10(12)11-5-3-7-14(16(11)22)24-17(23)13(19)8-9-15(20)21;1-3-4-2;2*1-2/h1-2,4,6,11,13-14H,3,5,7-9,18-19H2,(H,20,21);3-4H,1-2H2;1-2H3;1H2/t11?,13-,14+;;;/m0.../s1. The van der Waals surface area contributed by atoms with Crippen LogP contribution in [0.25, 0.3) is 0 Å². The number of ketones is 1. The molecule has 0 aliphatic heterocycles. The van der Waals surface area contributed by atoms with Crippen LogP contribution in [0.4, 0.5) is 5.69 Å². The first-order valence-electron chi connectivity index (χ1n) is 10.4. The molecule has 1 aromatic carbocycles. The Balaban J connectivity index is 0. The zero-order valence-corrected chi connectivity index (χ0v) is 19.0. The van der Waals surface area contributed by atoms with E-state index < -0.39 is 30.0 Å². The number of hydrogen-bond acceptors (Lipinski definition) is 7. The third-order valence-corrected chi connectivity index (χ3v) is 4.39. The molecule has 3 atom stereocenters. The van der Waals surface area contributed by atoms with Gasteiger partial charge in [0.2, 0.25) is 0 Å². The van der Waals surface area contributed by atoms with Gasteiger partial charge in [0.25, 0.3) is 0 Å². The number of carbonyl (C=O) groups excluding carboxylic acids is 3. The zero-order chi connectivity index (χ0) is 25.1. The summed E-state index contributed by atoms with van der Waals surface area (Å²) in [5.74, 6) is -2.35. The molecule has 1 aliphatic carbocycles. The van der Waals surface area contributed by atoms with Crippen LogP contribution in [0.15, 0.2) is 49.6 Å². The number of aliphatic carboxylic acids is 1. The van der Waals surface area contributed by atoms with Crippen molar-refractivity contribution >= 4 is 30.2 Å². The van der Waals surface area contributed by atoms with Crippen molar-refractivity contribution in [3.8, 4) is 0 Å². The summed E-state index contributed by atoms with van der Waals surface area (Å²) in [4.78, 5) is 43.1. The zero-order valence-electron chi connectivity index (χ0n) is 19.0. The summed E-state index contributed by atoms with van der Waals surface area (Å²) in [6.45, 7) is 12.7. The summed E-state index contributed by atoms with van der Waals surface area (Å²) in [6.07, 6.45) is 4.01. The van der Waals surface area contributed by atoms with Crippen molar-refractivity contribution in [2.75, 3.05) is 5.73 Å². The first-order valence-corrected chi connectivity index (χ1v) is 10.4. The van der Waals surface area contributed by atoms with Crippen LogP contribution in [0.3, 0.4) is 0 Å². The van der Waals surface area contributed by atoms with Crippen LogP contribution in [-0.2, 0) is 23.9 Å². The van der Waals surface area contributed by atoms with Gasteiger partial charge in [-0.2, -0.15) is 0 Å². The number of nitrogens with two attached hydrogens (primary N) is 2. The highest BCUT2D eigenvalue weighted by atomic mass is 16.5. The van der Waals surface area contributed by atoms with Crippen LogP contribution in [0.5, 0.6) is 0 Å². The Morgan fingerprint density at radius 3 is 2.25 bits per heavy atom. The van der Waals surface area contributed by atoms with E-state index in [1.807, 2.05) is 26.7 Å². The maximum atomic E-state index is 12.6. The van der Waals surface area contributed by atoms with Gasteiger partial charge in [-0.1, -0.05) is 57.4 Å². The van der Waals surface area contributed by atoms with Crippen LogP contribution in [0.2, 0.25) is 0 Å². The number of esters is 1. The van der Waals surface area contributed by atoms with E-state index in [9.17, 15) is 14.4 Å². The number of nitrogen functional groups attached to an aromatic ring is 1. The van der Waals surface area contributed by atoms with E-state index in [4.69, 9.17) is 26.1 Å². The number of anilines is 1. The Labute approximate surface area is 190 Å². The highest BCUT2D eigenvalue weighted by Gasteiger charge is 2.36. The Bertz CT molecular complexity index is 729. The lowest BCUT2D eigenvalue weighted by Gasteiger charge is -2.29. The molecule has 0 amide bonds. The van der Waals surface area contributed by atoms with E-state index >= 15 is 0 Å². The van der Waals surface area contributed by atoms with E-state index in [-0.39, 0.29) is 18.6 Å². The SMILES string of the molecule is C=CC=C.C=O.CC.Nc1ccccc1C1CCC[C@@H](OC(=O)[C@@H](N)CCC(=O)O)C1=O. The molecule has 0 aromatic heterocycles. The number of ether oxygens (including phenoxy) is 1. The molecule has 0 radical (unpaired) electrons. The van der Waals surface area contributed by atoms with E-state index in [2.05, 4.69) is 13.2 Å². The normalized spacial score (nSPS) is 17.4. The molecule has 5 N–H and O–H groups in total. The number of carboxylic acids is 1. The second-order valence-corrected chi connectivity index (χ2v) is 6.45. The largest absolute Gasteiger partial charge is 0.481 e. The Morgan fingerprint density at radius 2 is 1.75 bits per heavy atom. The molecule has 178 valence electrons. The van der Waals surface area contributed by atoms with Gasteiger partial charge in [-0.05, 0) is 37.3 Å². The van der Waals surface area contributed by atoms with E-state index in [1.165, 1.54) is 0 Å². The van der Waals surface area contributed by atoms with Crippen molar-refractivity contribution in [3.05, 3.63) is 55.1 Å². The lowest BCUT2D eigenvalue weighted by molar-refractivity contribution is -0.159. The lowest BCUT2D eigenvalue weighted by atomic mass is 9.80. The van der Waals surface area contributed by atoms with E-state index in [0.717, 1.165) is 12.0 Å². The van der Waals surface area contributed by atoms with Gasteiger partial charge in [-0.3, -0.25) is 14.4 Å². The summed E-state index contributed by atoms with van der Waals surface area (Å²) in [6, 6.07) is 6.11. The monoisotopic (exact) mass is 448 g/mol. The summed E-state index contributed by atoms with van der Waals surface area (Å²) in [7, 11) is 0. The second kappa shape index (κ2) is 18.5. The lowest BCUT2D eigenvalue weighted by Crippen LogP contribution is -2.41. The van der Waals surface area contributed by atoms with Gasteiger partial charge in [0, 0.05) is 18.0 Å². The second-order valence-electron chi connectivity index (χ2n) is 6.45. The number of rotatable bonds is 7. The average molecular weight is 449 g/mol. The van der Waals surface area contributed by atoms with Gasteiger partial charge in [0.15, 0.2) is 11.9 Å². The number of allylic oxidation sites excluding steroid dienone is 2. The molecule has 1 unspecified atom stereocenters. The number of benzene rings is 1. The minimum absolute atomic E-state index is 0.0237. The predicted molar refractivity (Wildman–Crippen MR) is 126 cm³/mol. The van der Waals surface area contributed by atoms with Gasteiger partial charge in [-0.15, -0.1) is 0 Å². The summed E-state index contributed by atoms with van der Waals surface area (Å²) in [5, 5.41) is 8.62. The minimum Gasteiger partial charge on any atom is -0.481 e. The Hall–Kier alpha value is -3.26. The highest BCUT2D eigenvalue weighted by molar-refractivity contribution is 5.93. The van der Waals surface area contributed by atoms with Crippen LogP contribution < -0.4 is 11.5 Å². The number of carboxylic acid groups (broad SMARTS) is 1. The van der Waals surface area contributed by atoms with Crippen LogP contribution in [-0.4, -0.2) is 41.8 Å². The number of para-hydroxylation sites is 1. The van der Waals surface area contributed by atoms with Gasteiger partial charge < -0.3 is 26.1 Å². The summed E-state index contributed by atoms with van der Waals surface area (Å²) < 4.78 is 5.24. The van der Waals surface area contributed by atoms with Crippen LogP contribution in [0.1, 0.15) is 57.4 Å². The highest BCUT2D eigenvalue weighted by Crippen LogP contribution is 2.34. The first kappa shape index (κ1) is 30.9. The molecule has 32 heavy (non-hydrogen) atoms. The Kier molecular flexibility index (Phi) is 17.9. The number of carbonyl (C=O) groups is 4. The van der Waals surface area contributed by atoms with Crippen LogP contribution in [0, 0.1) is 0 Å². The van der Waals surface area contributed by atoms with Gasteiger partial charge >= 0.3 is 11.9 Å². The molecule has 2 rings (SSSR count). The molecule has 1 aromatic rings. The average Bonchev–Trinajstić information content (AvgIpc) is 2.82. The maximum absolute atomic E-state index is 12.6. The molecule has 0 heterocycles. The molecule has 1 saturated carbocycles. The molecule has 8 heteroatoms. The fraction of sp³-hybridized carbons (Fsp3) is 0.417. The summed E-state index contributed by atoms with van der Waals surface area (Å²) >= 11 is 0. The molecule has 1 fully saturated rings. The fourth-order valence-corrected chi connectivity index (χ4v) is 2.89. The molecule has 0 saturated heterocycles. The van der Waals surface area contributed by atoms with Crippen molar-refractivity contribution in [3.63, 3.8) is 0 Å². The van der Waals surface area contributed by atoms with Gasteiger partial charge in [-0.25, -0.2) is 0 Å². The number of hydrogen-bond donors (Lipinski definition) is 3. The predicted octanol–water partition coefficient (Wildman–Crippen LogP) is 3.41. The van der Waals surface area contributed by atoms with Gasteiger partial charge in [0.05, 0.1) is 0 Å². The fourth-order valence-electron chi connectivity index (χ4n) is 2.89. The number of Topliss-reactive ketones (excluding diaryl/α,β-unsaturated/α-hetero) is 1. The topological polar surface area (TPSA) is 150 Å². The Morgan fingerprint density at radius 1 is 1.19 bits per heavy atom. The van der Waals surface area contributed by atoms with Gasteiger partial charge in [0.1, 0.15) is 12.8 Å². The molecule has 8 nitrogen and oxygen atoms in total.